The Morgan fingerprint density at radius 1 is 1.53 bits per heavy atom. The number of nitrogens with two attached hydrogens (primary N) is 2. The van der Waals surface area contributed by atoms with Gasteiger partial charge in [0.1, 0.15) is 11.5 Å². The van der Waals surface area contributed by atoms with Crippen LogP contribution in [0.15, 0.2) is 18.3 Å². The van der Waals surface area contributed by atoms with E-state index in [2.05, 4.69) is 4.98 Å². The molecule has 1 heterocycles. The molecule has 0 saturated carbocycles. The maximum absolute atomic E-state index is 14.2. The van der Waals surface area contributed by atoms with Crippen LogP contribution in [-0.4, -0.2) is 17.2 Å². The Balaban J connectivity index is 2.74. The number of rotatable bonds is 5. The summed E-state index contributed by atoms with van der Waals surface area (Å²) in [6.07, 6.45) is 3.16. The lowest BCUT2D eigenvalue weighted by Crippen LogP contribution is -2.35. The number of aromatic nitrogens is 1. The number of anilines is 1. The lowest BCUT2D eigenvalue weighted by atomic mass is 9.92. The van der Waals surface area contributed by atoms with Crippen LogP contribution in [0.2, 0.25) is 0 Å². The molecular weight excluding hydrogens is 193 g/mol. The van der Waals surface area contributed by atoms with E-state index >= 15 is 0 Å². The molecule has 1 aromatic rings. The normalized spacial score (nSPS) is 14.9. The fourth-order valence-corrected chi connectivity index (χ4v) is 1.68. The highest BCUT2D eigenvalue weighted by Gasteiger charge is 2.27. The minimum atomic E-state index is -1.32. The van der Waals surface area contributed by atoms with Crippen LogP contribution in [0.25, 0.3) is 0 Å². The first-order chi connectivity index (χ1) is 7.09. The van der Waals surface area contributed by atoms with E-state index in [9.17, 15) is 4.39 Å². The SMILES string of the molecule is CCCC(F)(CN)Cc1ccnc(N)c1. The summed E-state index contributed by atoms with van der Waals surface area (Å²) in [6, 6.07) is 3.47. The molecule has 0 saturated heterocycles. The molecule has 0 spiro atoms. The topological polar surface area (TPSA) is 64.9 Å². The molecule has 0 bridgehead atoms. The van der Waals surface area contributed by atoms with Crippen molar-refractivity contribution in [2.75, 3.05) is 12.3 Å². The summed E-state index contributed by atoms with van der Waals surface area (Å²) in [4.78, 5) is 3.87. The minimum Gasteiger partial charge on any atom is -0.384 e. The van der Waals surface area contributed by atoms with Gasteiger partial charge < -0.3 is 11.5 Å². The first-order valence-electron chi connectivity index (χ1n) is 5.19. The molecule has 0 radical (unpaired) electrons. The predicted molar refractivity (Wildman–Crippen MR) is 60.2 cm³/mol. The summed E-state index contributed by atoms with van der Waals surface area (Å²) < 4.78 is 14.2. The summed E-state index contributed by atoms with van der Waals surface area (Å²) >= 11 is 0. The highest BCUT2D eigenvalue weighted by molar-refractivity contribution is 5.32. The minimum absolute atomic E-state index is 0.0447. The Kier molecular flexibility index (Phi) is 4.03. The number of hydrogen-bond acceptors (Lipinski definition) is 3. The lowest BCUT2D eigenvalue weighted by Gasteiger charge is -2.23. The van der Waals surface area contributed by atoms with Gasteiger partial charge >= 0.3 is 0 Å². The van der Waals surface area contributed by atoms with Gasteiger partial charge in [0.15, 0.2) is 0 Å². The van der Waals surface area contributed by atoms with Crippen molar-refractivity contribution in [3.63, 3.8) is 0 Å². The molecule has 0 aromatic carbocycles. The van der Waals surface area contributed by atoms with Crippen molar-refractivity contribution in [3.05, 3.63) is 23.9 Å². The Morgan fingerprint density at radius 2 is 2.27 bits per heavy atom. The van der Waals surface area contributed by atoms with Crippen molar-refractivity contribution in [2.24, 2.45) is 5.73 Å². The van der Waals surface area contributed by atoms with Crippen LogP contribution in [0.5, 0.6) is 0 Å². The summed E-state index contributed by atoms with van der Waals surface area (Å²) in [5, 5.41) is 0. The van der Waals surface area contributed by atoms with Crippen molar-refractivity contribution in [3.8, 4) is 0 Å². The third-order valence-corrected chi connectivity index (χ3v) is 2.43. The van der Waals surface area contributed by atoms with E-state index in [0.29, 0.717) is 18.7 Å². The molecule has 3 nitrogen and oxygen atoms in total. The Labute approximate surface area is 89.7 Å². The third kappa shape index (κ3) is 3.47. The molecular formula is C11H18FN3. The maximum Gasteiger partial charge on any atom is 0.127 e. The van der Waals surface area contributed by atoms with E-state index in [0.717, 1.165) is 12.0 Å². The van der Waals surface area contributed by atoms with Crippen molar-refractivity contribution < 1.29 is 4.39 Å². The van der Waals surface area contributed by atoms with Gasteiger partial charge in [-0.05, 0) is 24.1 Å². The van der Waals surface area contributed by atoms with Gasteiger partial charge in [0.2, 0.25) is 0 Å². The first-order valence-corrected chi connectivity index (χ1v) is 5.19. The van der Waals surface area contributed by atoms with E-state index in [1.54, 1.807) is 18.3 Å². The van der Waals surface area contributed by atoms with Crippen molar-refractivity contribution >= 4 is 5.82 Å². The standard InChI is InChI=1S/C11H18FN3/c1-2-4-11(12,8-13)7-9-3-5-15-10(14)6-9/h3,5-6H,2,4,7-8,13H2,1H3,(H2,14,15). The fourth-order valence-electron chi connectivity index (χ4n) is 1.68. The molecule has 0 aliphatic heterocycles. The molecule has 1 unspecified atom stereocenters. The van der Waals surface area contributed by atoms with Gasteiger partial charge in [0.25, 0.3) is 0 Å². The fraction of sp³-hybridized carbons (Fsp3) is 0.545. The third-order valence-electron chi connectivity index (χ3n) is 2.43. The number of nitrogens with zero attached hydrogens (tertiary/aromatic N) is 1. The van der Waals surface area contributed by atoms with E-state index in [1.807, 2.05) is 6.92 Å². The second-order valence-electron chi connectivity index (χ2n) is 3.87. The van der Waals surface area contributed by atoms with Gasteiger partial charge in [-0.1, -0.05) is 13.3 Å². The molecule has 4 N–H and O–H groups in total. The highest BCUT2D eigenvalue weighted by atomic mass is 19.1. The number of alkyl halides is 1. The van der Waals surface area contributed by atoms with Gasteiger partial charge in [-0.3, -0.25) is 0 Å². The van der Waals surface area contributed by atoms with E-state index < -0.39 is 5.67 Å². The lowest BCUT2D eigenvalue weighted by molar-refractivity contribution is 0.158. The van der Waals surface area contributed by atoms with Crippen molar-refractivity contribution in [2.45, 2.75) is 31.9 Å². The molecule has 0 fully saturated rings. The molecule has 1 atom stereocenters. The largest absolute Gasteiger partial charge is 0.384 e. The first kappa shape index (κ1) is 11.9. The zero-order chi connectivity index (χ0) is 11.3. The molecule has 84 valence electrons. The van der Waals surface area contributed by atoms with Crippen LogP contribution in [-0.2, 0) is 6.42 Å². The monoisotopic (exact) mass is 211 g/mol. The van der Waals surface area contributed by atoms with Crippen LogP contribution >= 0.6 is 0 Å². The molecule has 1 aromatic heterocycles. The zero-order valence-corrected chi connectivity index (χ0v) is 9.04. The Bertz CT molecular complexity index is 316. The van der Waals surface area contributed by atoms with Crippen LogP contribution in [0.1, 0.15) is 25.3 Å². The summed E-state index contributed by atoms with van der Waals surface area (Å²) in [5.41, 5.74) is 10.5. The number of hydrogen-bond donors (Lipinski definition) is 2. The highest BCUT2D eigenvalue weighted by Crippen LogP contribution is 2.23. The number of halogens is 1. The number of nitrogen functional groups attached to an aromatic ring is 1. The molecule has 0 aliphatic carbocycles. The van der Waals surface area contributed by atoms with Gasteiger partial charge in [-0.15, -0.1) is 0 Å². The average molecular weight is 211 g/mol. The number of pyridine rings is 1. The molecule has 15 heavy (non-hydrogen) atoms. The van der Waals surface area contributed by atoms with Gasteiger partial charge in [0, 0.05) is 19.2 Å². The molecule has 0 aliphatic rings. The zero-order valence-electron chi connectivity index (χ0n) is 9.04. The maximum atomic E-state index is 14.2. The van der Waals surface area contributed by atoms with Gasteiger partial charge in [-0.2, -0.15) is 0 Å². The van der Waals surface area contributed by atoms with Gasteiger partial charge in [0.05, 0.1) is 0 Å². The predicted octanol–water partition coefficient (Wildman–Crippen LogP) is 1.67. The Morgan fingerprint density at radius 3 is 2.80 bits per heavy atom. The van der Waals surface area contributed by atoms with Gasteiger partial charge in [-0.25, -0.2) is 9.37 Å². The summed E-state index contributed by atoms with van der Waals surface area (Å²) in [7, 11) is 0. The molecule has 1 rings (SSSR count). The Hall–Kier alpha value is -1.16. The second-order valence-corrected chi connectivity index (χ2v) is 3.87. The molecule has 0 amide bonds. The van der Waals surface area contributed by atoms with Crippen LogP contribution in [0.4, 0.5) is 10.2 Å². The quantitative estimate of drug-likeness (QED) is 0.778. The smallest absolute Gasteiger partial charge is 0.127 e. The summed E-state index contributed by atoms with van der Waals surface area (Å²) in [6.45, 7) is 1.99. The van der Waals surface area contributed by atoms with Crippen LogP contribution in [0, 0.1) is 0 Å². The van der Waals surface area contributed by atoms with Crippen LogP contribution < -0.4 is 11.5 Å². The van der Waals surface area contributed by atoms with E-state index in [-0.39, 0.29) is 6.54 Å². The summed E-state index contributed by atoms with van der Waals surface area (Å²) in [5.74, 6) is 0.420. The van der Waals surface area contributed by atoms with E-state index in [4.69, 9.17) is 11.5 Å². The second kappa shape index (κ2) is 5.07. The van der Waals surface area contributed by atoms with Crippen LogP contribution in [0.3, 0.4) is 0 Å². The van der Waals surface area contributed by atoms with E-state index in [1.165, 1.54) is 0 Å². The molecule has 4 heteroatoms. The average Bonchev–Trinajstić information content (AvgIpc) is 2.18. The van der Waals surface area contributed by atoms with Crippen molar-refractivity contribution in [1.82, 2.24) is 4.98 Å². The van der Waals surface area contributed by atoms with Crippen molar-refractivity contribution in [1.29, 1.82) is 0 Å².